The average molecular weight is 265 g/mol. The Balaban J connectivity index is 2.08. The van der Waals surface area contributed by atoms with E-state index in [2.05, 4.69) is 10.6 Å². The number of carbonyl (C=O) groups is 2. The molecule has 0 spiro atoms. The molecule has 1 aliphatic rings. The normalized spacial score (nSPS) is 18.9. The third kappa shape index (κ3) is 3.29. The number of hydrogen-bond acceptors (Lipinski definition) is 3. The van der Waals surface area contributed by atoms with Crippen molar-refractivity contribution in [1.82, 2.24) is 5.32 Å². The molecule has 6 heteroatoms. The van der Waals surface area contributed by atoms with Gasteiger partial charge in [-0.3, -0.25) is 9.59 Å². The van der Waals surface area contributed by atoms with Crippen LogP contribution in [0.3, 0.4) is 0 Å². The number of hydrogen-bond donors (Lipinski definition) is 3. The summed E-state index contributed by atoms with van der Waals surface area (Å²) in [6.45, 7) is 1.56. The number of amides is 2. The quantitative estimate of drug-likeness (QED) is 0.758. The number of halogens is 1. The van der Waals surface area contributed by atoms with E-state index in [1.807, 2.05) is 0 Å². The van der Waals surface area contributed by atoms with E-state index >= 15 is 0 Å². The highest BCUT2D eigenvalue weighted by Crippen LogP contribution is 2.17. The molecule has 1 saturated heterocycles. The summed E-state index contributed by atoms with van der Waals surface area (Å²) >= 11 is 0. The molecular weight excluding hydrogens is 249 g/mol. The van der Waals surface area contributed by atoms with Gasteiger partial charge in [-0.2, -0.15) is 0 Å². The molecule has 4 N–H and O–H groups in total. The van der Waals surface area contributed by atoms with Crippen LogP contribution in [0.1, 0.15) is 23.2 Å². The second-order valence-electron chi connectivity index (χ2n) is 4.59. The van der Waals surface area contributed by atoms with Crippen LogP contribution >= 0.6 is 0 Å². The van der Waals surface area contributed by atoms with E-state index in [4.69, 9.17) is 5.73 Å². The van der Waals surface area contributed by atoms with E-state index in [1.165, 1.54) is 12.1 Å². The average Bonchev–Trinajstić information content (AvgIpc) is 2.41. The second kappa shape index (κ2) is 5.79. The second-order valence-corrected chi connectivity index (χ2v) is 4.59. The predicted molar refractivity (Wildman–Crippen MR) is 69.1 cm³/mol. The van der Waals surface area contributed by atoms with Crippen LogP contribution in [0, 0.1) is 11.7 Å². The fraction of sp³-hybridized carbons (Fsp3) is 0.385. The summed E-state index contributed by atoms with van der Waals surface area (Å²) in [5.41, 5.74) is 5.21. The SMILES string of the molecule is NC(=O)c1cc(NC(=O)[C@H]2CCCNC2)ccc1F. The Bertz CT molecular complexity index is 499. The molecule has 1 atom stereocenters. The lowest BCUT2D eigenvalue weighted by molar-refractivity contribution is -0.120. The molecule has 0 saturated carbocycles. The van der Waals surface area contributed by atoms with Crippen molar-refractivity contribution in [1.29, 1.82) is 0 Å². The lowest BCUT2D eigenvalue weighted by Gasteiger charge is -2.22. The Morgan fingerprint density at radius 2 is 2.21 bits per heavy atom. The number of nitrogens with one attached hydrogen (secondary N) is 2. The van der Waals surface area contributed by atoms with Crippen LogP contribution in [0.5, 0.6) is 0 Å². The zero-order valence-corrected chi connectivity index (χ0v) is 10.4. The van der Waals surface area contributed by atoms with Crippen LogP contribution < -0.4 is 16.4 Å². The summed E-state index contributed by atoms with van der Waals surface area (Å²) in [4.78, 5) is 23.0. The van der Waals surface area contributed by atoms with Gasteiger partial charge < -0.3 is 16.4 Å². The number of anilines is 1. The Kier molecular flexibility index (Phi) is 4.11. The first-order valence-corrected chi connectivity index (χ1v) is 6.19. The summed E-state index contributed by atoms with van der Waals surface area (Å²) in [6, 6.07) is 3.79. The Morgan fingerprint density at radius 1 is 1.42 bits per heavy atom. The Hall–Kier alpha value is -1.95. The van der Waals surface area contributed by atoms with Gasteiger partial charge in [-0.15, -0.1) is 0 Å². The highest BCUT2D eigenvalue weighted by atomic mass is 19.1. The molecule has 19 heavy (non-hydrogen) atoms. The van der Waals surface area contributed by atoms with Gasteiger partial charge in [0, 0.05) is 12.2 Å². The maximum Gasteiger partial charge on any atom is 0.251 e. The number of benzene rings is 1. The fourth-order valence-corrected chi connectivity index (χ4v) is 2.11. The van der Waals surface area contributed by atoms with E-state index in [-0.39, 0.29) is 17.4 Å². The highest BCUT2D eigenvalue weighted by Gasteiger charge is 2.21. The van der Waals surface area contributed by atoms with Gasteiger partial charge in [0.15, 0.2) is 0 Å². The minimum Gasteiger partial charge on any atom is -0.366 e. The van der Waals surface area contributed by atoms with Crippen molar-refractivity contribution < 1.29 is 14.0 Å². The van der Waals surface area contributed by atoms with Crippen LogP contribution in [0.25, 0.3) is 0 Å². The molecular formula is C13H16FN3O2. The van der Waals surface area contributed by atoms with E-state index < -0.39 is 11.7 Å². The Morgan fingerprint density at radius 3 is 2.84 bits per heavy atom. The van der Waals surface area contributed by atoms with Gasteiger partial charge in [0.2, 0.25) is 5.91 Å². The van der Waals surface area contributed by atoms with E-state index in [0.29, 0.717) is 12.2 Å². The van der Waals surface area contributed by atoms with Gasteiger partial charge in [-0.1, -0.05) is 0 Å². The number of carbonyl (C=O) groups excluding carboxylic acids is 2. The third-order valence-electron chi connectivity index (χ3n) is 3.17. The van der Waals surface area contributed by atoms with Crippen molar-refractivity contribution in [3.63, 3.8) is 0 Å². The van der Waals surface area contributed by atoms with Crippen LogP contribution in [-0.4, -0.2) is 24.9 Å². The molecule has 1 aromatic carbocycles. The molecule has 0 unspecified atom stereocenters. The summed E-state index contributed by atoms with van der Waals surface area (Å²) in [7, 11) is 0. The zero-order chi connectivity index (χ0) is 13.8. The molecule has 0 aliphatic carbocycles. The summed E-state index contributed by atoms with van der Waals surface area (Å²) < 4.78 is 13.3. The van der Waals surface area contributed by atoms with Gasteiger partial charge in [-0.25, -0.2) is 4.39 Å². The van der Waals surface area contributed by atoms with Gasteiger partial charge in [0.05, 0.1) is 11.5 Å². The number of nitrogens with two attached hydrogens (primary N) is 1. The van der Waals surface area contributed by atoms with Gasteiger partial charge in [-0.05, 0) is 37.6 Å². The van der Waals surface area contributed by atoms with Crippen LogP contribution in [0.15, 0.2) is 18.2 Å². The van der Waals surface area contributed by atoms with Crippen molar-refractivity contribution in [2.24, 2.45) is 11.7 Å². The van der Waals surface area contributed by atoms with Gasteiger partial charge in [0.1, 0.15) is 5.82 Å². The topological polar surface area (TPSA) is 84.2 Å². The minimum absolute atomic E-state index is 0.101. The first-order chi connectivity index (χ1) is 9.08. The van der Waals surface area contributed by atoms with E-state index in [1.54, 1.807) is 0 Å². The van der Waals surface area contributed by atoms with Crippen LogP contribution in [0.2, 0.25) is 0 Å². The maximum absolute atomic E-state index is 13.3. The molecule has 5 nitrogen and oxygen atoms in total. The summed E-state index contributed by atoms with van der Waals surface area (Å²) in [5.74, 6) is -1.78. The number of primary amides is 1. The summed E-state index contributed by atoms with van der Waals surface area (Å²) in [6.07, 6.45) is 1.77. The standard InChI is InChI=1S/C13H16FN3O2/c14-11-4-3-9(6-10(11)12(15)18)17-13(19)8-2-1-5-16-7-8/h3-4,6,8,16H,1-2,5,7H2,(H2,15,18)(H,17,19)/t8-/m0/s1. The van der Waals surface area contributed by atoms with E-state index in [9.17, 15) is 14.0 Å². The van der Waals surface area contributed by atoms with Crippen molar-refractivity contribution in [2.45, 2.75) is 12.8 Å². The van der Waals surface area contributed by atoms with Crippen LogP contribution in [-0.2, 0) is 4.79 Å². The van der Waals surface area contributed by atoms with Crippen molar-refractivity contribution >= 4 is 17.5 Å². The molecule has 2 amide bonds. The first-order valence-electron chi connectivity index (χ1n) is 6.19. The van der Waals surface area contributed by atoms with Crippen LogP contribution in [0.4, 0.5) is 10.1 Å². The highest BCUT2D eigenvalue weighted by molar-refractivity contribution is 5.97. The van der Waals surface area contributed by atoms with Gasteiger partial charge in [0.25, 0.3) is 5.91 Å². The number of piperidine rings is 1. The predicted octanol–water partition coefficient (Wildman–Crippen LogP) is 0.863. The molecule has 1 aliphatic heterocycles. The summed E-state index contributed by atoms with van der Waals surface area (Å²) in [5, 5.41) is 5.83. The molecule has 1 fully saturated rings. The number of rotatable bonds is 3. The van der Waals surface area contributed by atoms with Crippen molar-refractivity contribution in [3.05, 3.63) is 29.6 Å². The smallest absolute Gasteiger partial charge is 0.251 e. The molecule has 1 heterocycles. The largest absolute Gasteiger partial charge is 0.366 e. The lowest BCUT2D eigenvalue weighted by atomic mass is 9.98. The van der Waals surface area contributed by atoms with Gasteiger partial charge >= 0.3 is 0 Å². The van der Waals surface area contributed by atoms with E-state index in [0.717, 1.165) is 25.5 Å². The molecule has 0 aromatic heterocycles. The minimum atomic E-state index is -0.854. The lowest BCUT2D eigenvalue weighted by Crippen LogP contribution is -2.37. The van der Waals surface area contributed by atoms with Crippen molar-refractivity contribution in [3.8, 4) is 0 Å². The Labute approximate surface area is 110 Å². The fourth-order valence-electron chi connectivity index (χ4n) is 2.11. The molecule has 2 rings (SSSR count). The molecule has 0 radical (unpaired) electrons. The maximum atomic E-state index is 13.3. The molecule has 102 valence electrons. The molecule has 0 bridgehead atoms. The zero-order valence-electron chi connectivity index (χ0n) is 10.4. The molecule has 1 aromatic rings. The van der Waals surface area contributed by atoms with Crippen molar-refractivity contribution in [2.75, 3.05) is 18.4 Å². The third-order valence-corrected chi connectivity index (χ3v) is 3.17. The first kappa shape index (κ1) is 13.5. The monoisotopic (exact) mass is 265 g/mol.